The van der Waals surface area contributed by atoms with Gasteiger partial charge >= 0.3 is 6.03 Å². The molecule has 0 saturated heterocycles. The lowest BCUT2D eigenvalue weighted by Gasteiger charge is -2.08. The summed E-state index contributed by atoms with van der Waals surface area (Å²) in [4.78, 5) is 22.1. The molecule has 0 fully saturated rings. The normalized spacial score (nSPS) is 9.53. The number of hydrogen-bond acceptors (Lipinski definition) is 2. The molecule has 0 unspecified atom stereocenters. The smallest absolute Gasteiger partial charge is 0.315 e. The van der Waals surface area contributed by atoms with Crippen LogP contribution in [0.2, 0.25) is 0 Å². The van der Waals surface area contributed by atoms with Crippen LogP contribution < -0.4 is 16.0 Å². The lowest BCUT2D eigenvalue weighted by Crippen LogP contribution is -2.42. The first-order chi connectivity index (χ1) is 7.06. The van der Waals surface area contributed by atoms with E-state index in [9.17, 15) is 9.59 Å². The molecule has 0 atom stereocenters. The van der Waals surface area contributed by atoms with Gasteiger partial charge in [0.2, 0.25) is 5.91 Å². The van der Waals surface area contributed by atoms with Crippen molar-refractivity contribution in [2.45, 2.75) is 13.8 Å². The fraction of sp³-hybridized carbons (Fsp3) is 0.600. The third-order valence-corrected chi connectivity index (χ3v) is 1.52. The van der Waals surface area contributed by atoms with E-state index in [1.807, 2.05) is 13.8 Å². The average molecular weight is 213 g/mol. The summed E-state index contributed by atoms with van der Waals surface area (Å²) in [6.45, 7) is 8.47. The van der Waals surface area contributed by atoms with Gasteiger partial charge in [0, 0.05) is 13.1 Å². The number of rotatable bonds is 6. The Morgan fingerprint density at radius 1 is 1.27 bits per heavy atom. The summed E-state index contributed by atoms with van der Waals surface area (Å²) < 4.78 is 0. The van der Waals surface area contributed by atoms with Crippen LogP contribution in [0.1, 0.15) is 13.8 Å². The van der Waals surface area contributed by atoms with Crippen LogP contribution in [0, 0.1) is 5.92 Å². The lowest BCUT2D eigenvalue weighted by molar-refractivity contribution is -0.120. The van der Waals surface area contributed by atoms with Gasteiger partial charge in [-0.05, 0) is 5.92 Å². The van der Waals surface area contributed by atoms with Crippen LogP contribution in [0.4, 0.5) is 4.79 Å². The Kier molecular flexibility index (Phi) is 7.05. The van der Waals surface area contributed by atoms with Crippen LogP contribution in [-0.4, -0.2) is 31.6 Å². The van der Waals surface area contributed by atoms with Crippen LogP contribution in [-0.2, 0) is 4.79 Å². The third-order valence-electron chi connectivity index (χ3n) is 1.52. The Morgan fingerprint density at radius 2 is 1.93 bits per heavy atom. The molecule has 5 nitrogen and oxygen atoms in total. The molecule has 3 amide bonds. The first-order valence-corrected chi connectivity index (χ1v) is 4.95. The number of amides is 3. The van der Waals surface area contributed by atoms with Gasteiger partial charge in [-0.2, -0.15) is 0 Å². The van der Waals surface area contributed by atoms with Crippen molar-refractivity contribution in [3.8, 4) is 0 Å². The first kappa shape index (κ1) is 13.5. The second-order valence-electron chi connectivity index (χ2n) is 3.55. The average Bonchev–Trinajstić information content (AvgIpc) is 2.20. The Morgan fingerprint density at radius 3 is 2.47 bits per heavy atom. The Labute approximate surface area is 90.3 Å². The standard InChI is InChI=1S/C10H19N3O2/c1-4-5-11-10(15)13-7-9(14)12-6-8(2)3/h4,8H,1,5-7H2,2-3H3,(H,12,14)(H2,11,13,15). The minimum absolute atomic E-state index is 0.00427. The van der Waals surface area contributed by atoms with E-state index in [2.05, 4.69) is 22.5 Å². The second-order valence-corrected chi connectivity index (χ2v) is 3.55. The topological polar surface area (TPSA) is 70.2 Å². The van der Waals surface area contributed by atoms with Crippen molar-refractivity contribution in [1.82, 2.24) is 16.0 Å². The molecule has 0 aliphatic carbocycles. The van der Waals surface area contributed by atoms with Crippen molar-refractivity contribution in [1.29, 1.82) is 0 Å². The summed E-state index contributed by atoms with van der Waals surface area (Å²) >= 11 is 0. The molecule has 0 rings (SSSR count). The van der Waals surface area contributed by atoms with Crippen LogP contribution in [0.15, 0.2) is 12.7 Å². The highest BCUT2D eigenvalue weighted by molar-refractivity contribution is 5.83. The van der Waals surface area contributed by atoms with Crippen molar-refractivity contribution in [3.05, 3.63) is 12.7 Å². The molecule has 0 radical (unpaired) electrons. The van der Waals surface area contributed by atoms with Crippen molar-refractivity contribution >= 4 is 11.9 Å². The van der Waals surface area contributed by atoms with E-state index in [1.54, 1.807) is 6.08 Å². The van der Waals surface area contributed by atoms with Gasteiger partial charge in [0.05, 0.1) is 6.54 Å². The van der Waals surface area contributed by atoms with E-state index in [1.165, 1.54) is 0 Å². The molecule has 0 aliphatic rings. The van der Waals surface area contributed by atoms with E-state index in [-0.39, 0.29) is 18.5 Å². The highest BCUT2D eigenvalue weighted by Gasteiger charge is 2.04. The van der Waals surface area contributed by atoms with Crippen molar-refractivity contribution in [2.75, 3.05) is 19.6 Å². The lowest BCUT2D eigenvalue weighted by atomic mass is 10.2. The Balaban J connectivity index is 3.52. The van der Waals surface area contributed by atoms with Crippen molar-refractivity contribution in [2.24, 2.45) is 5.92 Å². The predicted octanol–water partition coefficient (Wildman–Crippen LogP) is 0.244. The molecule has 15 heavy (non-hydrogen) atoms. The number of hydrogen-bond donors (Lipinski definition) is 3. The van der Waals surface area contributed by atoms with E-state index >= 15 is 0 Å². The molecular formula is C10H19N3O2. The van der Waals surface area contributed by atoms with Crippen LogP contribution >= 0.6 is 0 Å². The third kappa shape index (κ3) is 8.80. The van der Waals surface area contributed by atoms with Crippen LogP contribution in [0.25, 0.3) is 0 Å². The molecule has 0 heterocycles. The van der Waals surface area contributed by atoms with E-state index in [4.69, 9.17) is 0 Å². The first-order valence-electron chi connectivity index (χ1n) is 4.95. The summed E-state index contributed by atoms with van der Waals surface area (Å²) in [7, 11) is 0. The van der Waals surface area contributed by atoms with Gasteiger partial charge in [-0.25, -0.2) is 4.79 Å². The Hall–Kier alpha value is -1.52. The van der Waals surface area contributed by atoms with Gasteiger partial charge in [-0.1, -0.05) is 19.9 Å². The minimum atomic E-state index is -0.366. The van der Waals surface area contributed by atoms with Gasteiger partial charge in [0.1, 0.15) is 0 Å². The molecule has 5 heteroatoms. The molecule has 0 aromatic heterocycles. The van der Waals surface area contributed by atoms with E-state index in [0.717, 1.165) is 0 Å². The zero-order valence-electron chi connectivity index (χ0n) is 9.30. The molecule has 86 valence electrons. The zero-order chi connectivity index (χ0) is 11.7. The van der Waals surface area contributed by atoms with Crippen LogP contribution in [0.5, 0.6) is 0 Å². The van der Waals surface area contributed by atoms with Crippen molar-refractivity contribution < 1.29 is 9.59 Å². The van der Waals surface area contributed by atoms with Gasteiger partial charge in [-0.3, -0.25) is 4.79 Å². The number of nitrogens with one attached hydrogen (secondary N) is 3. The summed E-state index contributed by atoms with van der Waals surface area (Å²) in [6, 6.07) is -0.366. The van der Waals surface area contributed by atoms with Crippen molar-refractivity contribution in [3.63, 3.8) is 0 Å². The largest absolute Gasteiger partial charge is 0.354 e. The molecule has 0 spiro atoms. The maximum absolute atomic E-state index is 11.2. The highest BCUT2D eigenvalue weighted by Crippen LogP contribution is 1.86. The van der Waals surface area contributed by atoms with Gasteiger partial charge < -0.3 is 16.0 Å². The molecule has 0 saturated carbocycles. The van der Waals surface area contributed by atoms with Gasteiger partial charge in [0.25, 0.3) is 0 Å². The minimum Gasteiger partial charge on any atom is -0.354 e. The maximum atomic E-state index is 11.2. The fourth-order valence-corrected chi connectivity index (χ4v) is 0.768. The fourth-order valence-electron chi connectivity index (χ4n) is 0.768. The number of urea groups is 1. The summed E-state index contributed by atoms with van der Waals surface area (Å²) in [5.74, 6) is 0.223. The molecule has 0 bridgehead atoms. The summed E-state index contributed by atoms with van der Waals surface area (Å²) in [5.41, 5.74) is 0. The summed E-state index contributed by atoms with van der Waals surface area (Å²) in [6.07, 6.45) is 1.57. The van der Waals surface area contributed by atoms with Crippen LogP contribution in [0.3, 0.4) is 0 Å². The molecule has 0 aromatic rings. The van der Waals surface area contributed by atoms with Gasteiger partial charge in [-0.15, -0.1) is 6.58 Å². The quantitative estimate of drug-likeness (QED) is 0.553. The van der Waals surface area contributed by atoms with E-state index < -0.39 is 0 Å². The predicted molar refractivity (Wildman–Crippen MR) is 59.4 cm³/mol. The number of carbonyl (C=O) groups is 2. The van der Waals surface area contributed by atoms with Gasteiger partial charge in [0.15, 0.2) is 0 Å². The molecule has 0 aliphatic heterocycles. The molecule has 0 aromatic carbocycles. The summed E-state index contributed by atoms with van der Waals surface area (Å²) in [5, 5.41) is 7.63. The molecular weight excluding hydrogens is 194 g/mol. The zero-order valence-corrected chi connectivity index (χ0v) is 9.30. The maximum Gasteiger partial charge on any atom is 0.315 e. The molecule has 3 N–H and O–H groups in total. The van der Waals surface area contributed by atoms with E-state index in [0.29, 0.717) is 19.0 Å². The second kappa shape index (κ2) is 7.84. The SMILES string of the molecule is C=CCNC(=O)NCC(=O)NCC(C)C. The number of carbonyl (C=O) groups excluding carboxylic acids is 2. The highest BCUT2D eigenvalue weighted by atomic mass is 16.2. The monoisotopic (exact) mass is 213 g/mol. The Bertz CT molecular complexity index is 227.